The molecule has 0 aromatic rings. The molecule has 1 heteroatoms. The maximum atomic E-state index is 3.54. The minimum atomic E-state index is 0.554. The van der Waals surface area contributed by atoms with Gasteiger partial charge in [-0.05, 0) is 55.9 Å². The van der Waals surface area contributed by atoms with E-state index in [2.05, 4.69) is 33.1 Å². The second-order valence-corrected chi connectivity index (χ2v) is 5.82. The highest BCUT2D eigenvalue weighted by molar-refractivity contribution is 5.03. The van der Waals surface area contributed by atoms with Crippen molar-refractivity contribution in [2.75, 3.05) is 7.05 Å². The first-order valence-electron chi connectivity index (χ1n) is 6.29. The molecule has 0 heterocycles. The van der Waals surface area contributed by atoms with Crippen molar-refractivity contribution >= 4 is 0 Å². The third-order valence-electron chi connectivity index (χ3n) is 5.25. The van der Waals surface area contributed by atoms with E-state index in [4.69, 9.17) is 0 Å². The second-order valence-electron chi connectivity index (χ2n) is 5.82. The number of hydrogen-bond acceptors (Lipinski definition) is 1. The lowest BCUT2D eigenvalue weighted by Crippen LogP contribution is -2.41. The summed E-state index contributed by atoms with van der Waals surface area (Å²) in [6.07, 6.45) is 5.65. The standard InChI is InChI=1S/C13H25N/c1-5-13(3)8-11-9(2)10(11)6-7-12(13)14-4/h9-12,14H,5-8H2,1-4H3/t9?,10-,11-,12?,13+/m0/s1. The summed E-state index contributed by atoms with van der Waals surface area (Å²) in [6, 6.07) is 0.757. The molecule has 0 spiro atoms. The van der Waals surface area contributed by atoms with E-state index in [1.165, 1.54) is 25.7 Å². The van der Waals surface area contributed by atoms with Crippen LogP contribution in [0.2, 0.25) is 0 Å². The van der Waals surface area contributed by atoms with Crippen molar-refractivity contribution in [1.29, 1.82) is 0 Å². The molecule has 0 aliphatic heterocycles. The highest BCUT2D eigenvalue weighted by Gasteiger charge is 2.52. The highest BCUT2D eigenvalue weighted by Crippen LogP contribution is 2.58. The summed E-state index contributed by atoms with van der Waals surface area (Å²) in [5.41, 5.74) is 0.554. The average molecular weight is 195 g/mol. The van der Waals surface area contributed by atoms with Gasteiger partial charge in [0.15, 0.2) is 0 Å². The summed E-state index contributed by atoms with van der Waals surface area (Å²) in [4.78, 5) is 0. The van der Waals surface area contributed by atoms with Crippen LogP contribution in [0, 0.1) is 23.2 Å². The Hall–Kier alpha value is -0.0400. The van der Waals surface area contributed by atoms with Crippen molar-refractivity contribution in [2.45, 2.75) is 52.5 Å². The predicted molar refractivity (Wildman–Crippen MR) is 61.2 cm³/mol. The molecule has 2 aliphatic rings. The smallest absolute Gasteiger partial charge is 0.0118 e. The van der Waals surface area contributed by atoms with Gasteiger partial charge in [0.25, 0.3) is 0 Å². The summed E-state index contributed by atoms with van der Waals surface area (Å²) in [7, 11) is 2.14. The molecule has 82 valence electrons. The molecule has 1 nitrogen and oxygen atoms in total. The highest BCUT2D eigenvalue weighted by atomic mass is 14.9. The lowest BCUT2D eigenvalue weighted by atomic mass is 9.74. The van der Waals surface area contributed by atoms with Gasteiger partial charge in [-0.2, -0.15) is 0 Å². The monoisotopic (exact) mass is 195 g/mol. The van der Waals surface area contributed by atoms with Gasteiger partial charge in [0.05, 0.1) is 0 Å². The Kier molecular flexibility index (Phi) is 2.63. The molecule has 2 saturated carbocycles. The van der Waals surface area contributed by atoms with Crippen LogP contribution in [0.15, 0.2) is 0 Å². The zero-order chi connectivity index (χ0) is 10.3. The van der Waals surface area contributed by atoms with E-state index in [1.807, 2.05) is 0 Å². The fourth-order valence-electron chi connectivity index (χ4n) is 3.72. The van der Waals surface area contributed by atoms with E-state index in [9.17, 15) is 0 Å². The summed E-state index contributed by atoms with van der Waals surface area (Å²) in [5, 5.41) is 3.54. The third kappa shape index (κ3) is 1.50. The zero-order valence-corrected chi connectivity index (χ0v) is 10.1. The van der Waals surface area contributed by atoms with Crippen molar-refractivity contribution in [2.24, 2.45) is 23.2 Å². The summed E-state index contributed by atoms with van der Waals surface area (Å²) in [5.74, 6) is 3.15. The minimum absolute atomic E-state index is 0.554. The Morgan fingerprint density at radius 2 is 2.00 bits per heavy atom. The second kappa shape index (κ2) is 3.52. The van der Waals surface area contributed by atoms with Crippen LogP contribution in [-0.2, 0) is 0 Å². The van der Waals surface area contributed by atoms with Gasteiger partial charge < -0.3 is 5.32 Å². The fourth-order valence-corrected chi connectivity index (χ4v) is 3.72. The van der Waals surface area contributed by atoms with Crippen LogP contribution in [-0.4, -0.2) is 13.1 Å². The average Bonchev–Trinajstić information content (AvgIpc) is 2.81. The number of nitrogens with one attached hydrogen (secondary N) is 1. The number of hydrogen-bond donors (Lipinski definition) is 1. The summed E-state index contributed by atoms with van der Waals surface area (Å²) >= 11 is 0. The van der Waals surface area contributed by atoms with Gasteiger partial charge in [0.2, 0.25) is 0 Å². The Bertz CT molecular complexity index is 213. The van der Waals surface area contributed by atoms with Gasteiger partial charge in [0, 0.05) is 6.04 Å². The zero-order valence-electron chi connectivity index (χ0n) is 10.1. The molecule has 0 bridgehead atoms. The van der Waals surface area contributed by atoms with Gasteiger partial charge in [0.1, 0.15) is 0 Å². The molecule has 0 aromatic carbocycles. The van der Waals surface area contributed by atoms with Crippen molar-refractivity contribution in [3.05, 3.63) is 0 Å². The van der Waals surface area contributed by atoms with E-state index in [-0.39, 0.29) is 0 Å². The lowest BCUT2D eigenvalue weighted by Gasteiger charge is -2.36. The van der Waals surface area contributed by atoms with Crippen molar-refractivity contribution in [3.63, 3.8) is 0 Å². The van der Waals surface area contributed by atoms with Gasteiger partial charge >= 0.3 is 0 Å². The molecule has 0 saturated heterocycles. The molecule has 14 heavy (non-hydrogen) atoms. The first-order valence-corrected chi connectivity index (χ1v) is 6.29. The number of fused-ring (bicyclic) bond motifs is 1. The van der Waals surface area contributed by atoms with E-state index in [0.717, 1.165) is 23.8 Å². The predicted octanol–water partition coefficient (Wildman–Crippen LogP) is 3.06. The van der Waals surface area contributed by atoms with Crippen LogP contribution in [0.1, 0.15) is 46.5 Å². The van der Waals surface area contributed by atoms with Gasteiger partial charge in [-0.3, -0.25) is 0 Å². The van der Waals surface area contributed by atoms with E-state index in [1.54, 1.807) is 0 Å². The van der Waals surface area contributed by atoms with Crippen molar-refractivity contribution in [1.82, 2.24) is 5.32 Å². The molecule has 2 aliphatic carbocycles. The molecule has 1 N–H and O–H groups in total. The molecular formula is C13H25N. The molecule has 0 aromatic heterocycles. The van der Waals surface area contributed by atoms with E-state index >= 15 is 0 Å². The Morgan fingerprint density at radius 1 is 1.29 bits per heavy atom. The Morgan fingerprint density at radius 3 is 2.57 bits per heavy atom. The van der Waals surface area contributed by atoms with Crippen LogP contribution in [0.25, 0.3) is 0 Å². The third-order valence-corrected chi connectivity index (χ3v) is 5.25. The normalized spacial score (nSPS) is 52.3. The van der Waals surface area contributed by atoms with E-state index in [0.29, 0.717) is 5.41 Å². The Balaban J connectivity index is 2.10. The SMILES string of the molecule is CC[C@]1(C)C[C@H]2C(C)[C@@H]2CCC1NC. The number of rotatable bonds is 2. The molecule has 0 radical (unpaired) electrons. The first-order chi connectivity index (χ1) is 6.62. The Labute approximate surface area is 88.7 Å². The lowest BCUT2D eigenvalue weighted by molar-refractivity contribution is 0.183. The minimum Gasteiger partial charge on any atom is -0.316 e. The molecule has 2 fully saturated rings. The quantitative estimate of drug-likeness (QED) is 0.714. The maximum absolute atomic E-state index is 3.54. The largest absolute Gasteiger partial charge is 0.316 e. The summed E-state index contributed by atoms with van der Waals surface area (Å²) in [6.45, 7) is 7.30. The fraction of sp³-hybridized carbons (Fsp3) is 1.00. The van der Waals surface area contributed by atoms with E-state index < -0.39 is 0 Å². The van der Waals surface area contributed by atoms with Crippen molar-refractivity contribution in [3.8, 4) is 0 Å². The summed E-state index contributed by atoms with van der Waals surface area (Å²) < 4.78 is 0. The topological polar surface area (TPSA) is 12.0 Å². The van der Waals surface area contributed by atoms with Crippen LogP contribution < -0.4 is 5.32 Å². The molecular weight excluding hydrogens is 170 g/mol. The van der Waals surface area contributed by atoms with Crippen LogP contribution in [0.3, 0.4) is 0 Å². The van der Waals surface area contributed by atoms with Crippen molar-refractivity contribution < 1.29 is 0 Å². The molecule has 5 atom stereocenters. The van der Waals surface area contributed by atoms with Crippen LogP contribution in [0.5, 0.6) is 0 Å². The molecule has 0 amide bonds. The van der Waals surface area contributed by atoms with Gasteiger partial charge in [-0.25, -0.2) is 0 Å². The molecule has 2 rings (SSSR count). The molecule has 2 unspecified atom stereocenters. The maximum Gasteiger partial charge on any atom is 0.0118 e. The first kappa shape index (κ1) is 10.5. The van der Waals surface area contributed by atoms with Gasteiger partial charge in [-0.15, -0.1) is 0 Å². The van der Waals surface area contributed by atoms with Crippen LogP contribution in [0.4, 0.5) is 0 Å². The van der Waals surface area contributed by atoms with Gasteiger partial charge in [-0.1, -0.05) is 20.8 Å². The van der Waals surface area contributed by atoms with Crippen LogP contribution >= 0.6 is 0 Å².